The number of rotatable bonds is 3. The van der Waals surface area contributed by atoms with Gasteiger partial charge < -0.3 is 4.74 Å². The smallest absolute Gasteiger partial charge is 0.123 e. The molecule has 0 aliphatic carbocycles. The van der Waals surface area contributed by atoms with Gasteiger partial charge in [-0.15, -0.1) is 0 Å². The highest BCUT2D eigenvalue weighted by Gasteiger charge is 2.44. The normalized spacial score (nSPS) is 31.8. The Bertz CT molecular complexity index is 451. The van der Waals surface area contributed by atoms with Gasteiger partial charge in [0, 0.05) is 5.92 Å². The van der Waals surface area contributed by atoms with E-state index in [-0.39, 0.29) is 18.0 Å². The molecule has 4 atom stereocenters. The second-order valence-electron chi connectivity index (χ2n) is 5.42. The van der Waals surface area contributed by atoms with Crippen LogP contribution in [0, 0.1) is 18.7 Å². The molecule has 3 rings (SSSR count). The number of benzene rings is 1. The molecule has 4 unspecified atom stereocenters. The third kappa shape index (κ3) is 1.94. The van der Waals surface area contributed by atoms with Crippen molar-refractivity contribution in [2.75, 3.05) is 0 Å². The number of hydrogen-bond acceptors (Lipinski definition) is 3. The van der Waals surface area contributed by atoms with E-state index in [1.54, 1.807) is 6.07 Å². The topological polar surface area (TPSA) is 47.3 Å². The molecule has 2 fully saturated rings. The van der Waals surface area contributed by atoms with Gasteiger partial charge in [0.2, 0.25) is 0 Å². The van der Waals surface area contributed by atoms with Crippen molar-refractivity contribution < 1.29 is 9.13 Å². The first-order chi connectivity index (χ1) is 8.69. The lowest BCUT2D eigenvalue weighted by atomic mass is 9.80. The molecule has 2 aliphatic rings. The van der Waals surface area contributed by atoms with Crippen molar-refractivity contribution in [1.29, 1.82) is 0 Å². The first kappa shape index (κ1) is 12.1. The lowest BCUT2D eigenvalue weighted by Crippen LogP contribution is -2.38. The fourth-order valence-electron chi connectivity index (χ4n) is 3.42. The molecule has 2 saturated heterocycles. The molecule has 2 bridgehead atoms. The molecule has 0 saturated carbocycles. The van der Waals surface area contributed by atoms with Gasteiger partial charge in [0.05, 0.1) is 18.2 Å². The third-order valence-electron chi connectivity index (χ3n) is 4.34. The number of halogens is 1. The summed E-state index contributed by atoms with van der Waals surface area (Å²) in [5.74, 6) is 5.85. The highest BCUT2D eigenvalue weighted by atomic mass is 19.1. The second kappa shape index (κ2) is 4.61. The molecule has 0 radical (unpaired) electrons. The number of aryl methyl sites for hydroxylation is 1. The van der Waals surface area contributed by atoms with Gasteiger partial charge in [-0.3, -0.25) is 11.3 Å². The number of hydrazine groups is 1. The standard InChI is InChI=1S/C14H19FN2O/c1-8-2-3-9(15)6-11(8)14(17-16)12-7-10-4-5-13(12)18-10/h2-3,6,10,12-14,17H,4-5,7,16H2,1H3. The SMILES string of the molecule is Cc1ccc(F)cc1C(NN)C1CC2CCC1O2. The predicted molar refractivity (Wildman–Crippen MR) is 67.2 cm³/mol. The zero-order valence-electron chi connectivity index (χ0n) is 10.5. The molecule has 0 aromatic heterocycles. The van der Waals surface area contributed by atoms with Crippen molar-refractivity contribution in [2.24, 2.45) is 11.8 Å². The highest BCUT2D eigenvalue weighted by Crippen LogP contribution is 2.44. The van der Waals surface area contributed by atoms with E-state index >= 15 is 0 Å². The molecule has 1 aromatic rings. The molecule has 3 N–H and O–H groups in total. The summed E-state index contributed by atoms with van der Waals surface area (Å²) in [6.07, 6.45) is 3.93. The highest BCUT2D eigenvalue weighted by molar-refractivity contribution is 5.30. The summed E-state index contributed by atoms with van der Waals surface area (Å²) < 4.78 is 19.3. The van der Waals surface area contributed by atoms with Gasteiger partial charge in [0.1, 0.15) is 5.82 Å². The van der Waals surface area contributed by atoms with Crippen LogP contribution in [0.1, 0.15) is 36.4 Å². The Morgan fingerprint density at radius 2 is 2.28 bits per heavy atom. The van der Waals surface area contributed by atoms with E-state index in [4.69, 9.17) is 10.6 Å². The summed E-state index contributed by atoms with van der Waals surface area (Å²) >= 11 is 0. The molecule has 18 heavy (non-hydrogen) atoms. The van der Waals surface area contributed by atoms with Gasteiger partial charge >= 0.3 is 0 Å². The van der Waals surface area contributed by atoms with Crippen LogP contribution in [-0.4, -0.2) is 12.2 Å². The summed E-state index contributed by atoms with van der Waals surface area (Å²) in [4.78, 5) is 0. The van der Waals surface area contributed by atoms with Gasteiger partial charge in [-0.2, -0.15) is 0 Å². The Hall–Kier alpha value is -0.970. The summed E-state index contributed by atoms with van der Waals surface area (Å²) in [5.41, 5.74) is 4.90. The lowest BCUT2D eigenvalue weighted by molar-refractivity contribution is 0.0856. The summed E-state index contributed by atoms with van der Waals surface area (Å²) in [7, 11) is 0. The number of nitrogens with one attached hydrogen (secondary N) is 1. The predicted octanol–water partition coefficient (Wildman–Crippen LogP) is 2.21. The van der Waals surface area contributed by atoms with Gasteiger partial charge in [0.25, 0.3) is 0 Å². The van der Waals surface area contributed by atoms with E-state index in [9.17, 15) is 4.39 Å². The van der Waals surface area contributed by atoms with E-state index in [1.165, 1.54) is 6.07 Å². The average molecular weight is 250 g/mol. The average Bonchev–Trinajstić information content (AvgIpc) is 2.97. The minimum atomic E-state index is -0.208. The molecule has 0 amide bonds. The van der Waals surface area contributed by atoms with Crippen LogP contribution >= 0.6 is 0 Å². The molecular formula is C14H19FN2O. The molecule has 3 nitrogen and oxygen atoms in total. The zero-order valence-corrected chi connectivity index (χ0v) is 10.5. The number of nitrogens with two attached hydrogens (primary N) is 1. The quantitative estimate of drug-likeness (QED) is 0.638. The molecule has 1 aromatic carbocycles. The molecule has 2 aliphatic heterocycles. The van der Waals surface area contributed by atoms with Crippen LogP contribution in [0.5, 0.6) is 0 Å². The number of hydrogen-bond donors (Lipinski definition) is 2. The van der Waals surface area contributed by atoms with Crippen LogP contribution in [0.4, 0.5) is 4.39 Å². The van der Waals surface area contributed by atoms with Crippen molar-refractivity contribution in [2.45, 2.75) is 44.4 Å². The minimum Gasteiger partial charge on any atom is -0.375 e. The fourth-order valence-corrected chi connectivity index (χ4v) is 3.42. The number of ether oxygens (including phenoxy) is 1. The van der Waals surface area contributed by atoms with Crippen molar-refractivity contribution in [3.63, 3.8) is 0 Å². The largest absolute Gasteiger partial charge is 0.375 e. The van der Waals surface area contributed by atoms with Gasteiger partial charge in [-0.05, 0) is 49.4 Å². The Morgan fingerprint density at radius 3 is 2.89 bits per heavy atom. The maximum atomic E-state index is 13.4. The van der Waals surface area contributed by atoms with Crippen molar-refractivity contribution in [3.05, 3.63) is 35.1 Å². The van der Waals surface area contributed by atoms with Crippen LogP contribution in [-0.2, 0) is 4.74 Å². The third-order valence-corrected chi connectivity index (χ3v) is 4.34. The van der Waals surface area contributed by atoms with Crippen molar-refractivity contribution in [3.8, 4) is 0 Å². The molecule has 4 heteroatoms. The van der Waals surface area contributed by atoms with E-state index in [1.807, 2.05) is 13.0 Å². The summed E-state index contributed by atoms with van der Waals surface area (Å²) in [6.45, 7) is 1.99. The van der Waals surface area contributed by atoms with Crippen LogP contribution in [0.2, 0.25) is 0 Å². The Labute approximate surface area is 106 Å². The van der Waals surface area contributed by atoms with Crippen molar-refractivity contribution >= 4 is 0 Å². The van der Waals surface area contributed by atoms with Crippen LogP contribution in [0.25, 0.3) is 0 Å². The molecule has 2 heterocycles. The minimum absolute atomic E-state index is 0.0176. The van der Waals surface area contributed by atoms with Crippen molar-refractivity contribution in [1.82, 2.24) is 5.43 Å². The maximum absolute atomic E-state index is 13.4. The van der Waals surface area contributed by atoms with Crippen LogP contribution < -0.4 is 11.3 Å². The molecule has 0 spiro atoms. The van der Waals surface area contributed by atoms with E-state index in [2.05, 4.69) is 5.43 Å². The number of fused-ring (bicyclic) bond motifs is 2. The van der Waals surface area contributed by atoms with Gasteiger partial charge in [0.15, 0.2) is 0 Å². The summed E-state index contributed by atoms with van der Waals surface area (Å²) in [6, 6.07) is 4.87. The molecule has 98 valence electrons. The monoisotopic (exact) mass is 250 g/mol. The Balaban J connectivity index is 1.90. The van der Waals surface area contributed by atoms with Gasteiger partial charge in [-0.1, -0.05) is 6.07 Å². The fraction of sp³-hybridized carbons (Fsp3) is 0.571. The Morgan fingerprint density at radius 1 is 1.44 bits per heavy atom. The first-order valence-electron chi connectivity index (χ1n) is 6.56. The van der Waals surface area contributed by atoms with E-state index < -0.39 is 0 Å². The maximum Gasteiger partial charge on any atom is 0.123 e. The van der Waals surface area contributed by atoms with Gasteiger partial charge in [-0.25, -0.2) is 4.39 Å². The lowest BCUT2D eigenvalue weighted by Gasteiger charge is -2.29. The van der Waals surface area contributed by atoms with Crippen LogP contribution in [0.3, 0.4) is 0 Å². The summed E-state index contributed by atoms with van der Waals surface area (Å²) in [5, 5.41) is 0. The zero-order chi connectivity index (χ0) is 12.7. The van der Waals surface area contributed by atoms with E-state index in [0.29, 0.717) is 12.0 Å². The van der Waals surface area contributed by atoms with Crippen LogP contribution in [0.15, 0.2) is 18.2 Å². The Kier molecular flexibility index (Phi) is 3.09. The van der Waals surface area contributed by atoms with E-state index in [0.717, 1.165) is 30.4 Å². The molecular weight excluding hydrogens is 231 g/mol. The first-order valence-corrected chi connectivity index (χ1v) is 6.56. The second-order valence-corrected chi connectivity index (χ2v) is 5.42.